The van der Waals surface area contributed by atoms with Crippen LogP contribution in [0.5, 0.6) is 0 Å². The first kappa shape index (κ1) is 17.7. The molecular weight excluding hydrogens is 350 g/mol. The molecule has 0 fully saturated rings. The summed E-state index contributed by atoms with van der Waals surface area (Å²) < 4.78 is 33.6. The molecule has 140 valence electrons. The number of para-hydroxylation sites is 1. The van der Waals surface area contributed by atoms with Crippen molar-refractivity contribution >= 4 is 16.8 Å². The lowest BCUT2D eigenvalue weighted by Gasteiger charge is -2.36. The summed E-state index contributed by atoms with van der Waals surface area (Å²) in [5, 5.41) is 1.05. The van der Waals surface area contributed by atoms with Gasteiger partial charge in [0.2, 0.25) is 5.91 Å². The summed E-state index contributed by atoms with van der Waals surface area (Å²) in [6, 6.07) is 10.5. The summed E-state index contributed by atoms with van der Waals surface area (Å²) >= 11 is 0. The van der Waals surface area contributed by atoms with E-state index in [0.717, 1.165) is 34.3 Å². The van der Waals surface area contributed by atoms with Gasteiger partial charge in [0.15, 0.2) is 0 Å². The number of halogens is 2. The third kappa shape index (κ3) is 3.10. The number of carbonyl (C=O) groups excluding carboxylic acids is 1. The zero-order valence-electron chi connectivity index (χ0n) is 15.0. The molecule has 4 nitrogen and oxygen atoms in total. The number of carbonyl (C=O) groups is 1. The average molecular weight is 370 g/mol. The van der Waals surface area contributed by atoms with E-state index in [1.165, 1.54) is 13.2 Å². The van der Waals surface area contributed by atoms with Crippen molar-refractivity contribution in [1.29, 1.82) is 0 Å². The third-order valence-corrected chi connectivity index (χ3v) is 5.13. The molecule has 27 heavy (non-hydrogen) atoms. The van der Waals surface area contributed by atoms with Gasteiger partial charge in [-0.15, -0.1) is 0 Å². The molecule has 0 saturated heterocycles. The van der Waals surface area contributed by atoms with Crippen LogP contribution < -0.4 is 0 Å². The second-order valence-corrected chi connectivity index (χ2v) is 6.71. The Balaban J connectivity index is 1.87. The molecule has 0 unspecified atom stereocenters. The zero-order chi connectivity index (χ0) is 19.0. The van der Waals surface area contributed by atoms with Crippen molar-refractivity contribution in [3.05, 3.63) is 70.9 Å². The zero-order valence-corrected chi connectivity index (χ0v) is 15.0. The van der Waals surface area contributed by atoms with Crippen LogP contribution in [0.1, 0.15) is 29.3 Å². The van der Waals surface area contributed by atoms with Crippen LogP contribution in [-0.4, -0.2) is 36.1 Å². The van der Waals surface area contributed by atoms with Crippen LogP contribution in [0.4, 0.5) is 8.78 Å². The Bertz CT molecular complexity index is 999. The van der Waals surface area contributed by atoms with Crippen LogP contribution in [0.2, 0.25) is 0 Å². The third-order valence-electron chi connectivity index (χ3n) is 5.13. The maximum atomic E-state index is 14.6. The highest BCUT2D eigenvalue weighted by atomic mass is 19.1. The molecule has 2 aromatic carbocycles. The fourth-order valence-corrected chi connectivity index (χ4v) is 3.89. The fraction of sp³-hybridized carbons (Fsp3) is 0.286. The first-order chi connectivity index (χ1) is 13.1. The molecule has 0 radical (unpaired) electrons. The minimum absolute atomic E-state index is 0.144. The van der Waals surface area contributed by atoms with E-state index >= 15 is 0 Å². The normalized spacial score (nSPS) is 16.6. The second-order valence-electron chi connectivity index (χ2n) is 6.71. The Morgan fingerprint density at radius 1 is 1.26 bits per heavy atom. The maximum absolute atomic E-state index is 14.6. The second kappa shape index (κ2) is 7.12. The van der Waals surface area contributed by atoms with Crippen molar-refractivity contribution in [3.63, 3.8) is 0 Å². The highest BCUT2D eigenvalue weighted by Gasteiger charge is 2.35. The number of rotatable bonds is 4. The predicted molar refractivity (Wildman–Crippen MR) is 98.4 cm³/mol. The molecule has 6 heteroatoms. The van der Waals surface area contributed by atoms with E-state index in [1.54, 1.807) is 4.90 Å². The van der Waals surface area contributed by atoms with Gasteiger partial charge >= 0.3 is 0 Å². The number of methoxy groups -OCH3 is 1. The van der Waals surface area contributed by atoms with Crippen molar-refractivity contribution < 1.29 is 18.3 Å². The van der Waals surface area contributed by atoms with Crippen LogP contribution in [0, 0.1) is 11.6 Å². The summed E-state index contributed by atoms with van der Waals surface area (Å²) in [6.07, 6.45) is 0.852. The quantitative estimate of drug-likeness (QED) is 0.756. The Labute approximate surface area is 155 Å². The van der Waals surface area contributed by atoms with E-state index in [2.05, 4.69) is 4.98 Å². The van der Waals surface area contributed by atoms with Gasteiger partial charge < -0.3 is 14.6 Å². The molecule has 0 spiro atoms. The SMILES string of the molecule is COCCC(=O)N1CCc2c([nH]c3ccccc23)[C@@H]1c1cc(F)ccc1F. The smallest absolute Gasteiger partial charge is 0.225 e. The number of ether oxygens (including phenoxy) is 1. The number of hydrogen-bond acceptors (Lipinski definition) is 2. The molecule has 0 bridgehead atoms. The Morgan fingerprint density at radius 3 is 2.89 bits per heavy atom. The first-order valence-corrected chi connectivity index (χ1v) is 8.93. The summed E-state index contributed by atoms with van der Waals surface area (Å²) in [5.41, 5.74) is 2.89. The maximum Gasteiger partial charge on any atom is 0.225 e. The highest BCUT2D eigenvalue weighted by Crippen LogP contribution is 2.39. The van der Waals surface area contributed by atoms with Gasteiger partial charge in [0.1, 0.15) is 17.7 Å². The lowest BCUT2D eigenvalue weighted by Crippen LogP contribution is -2.41. The molecule has 3 aromatic rings. The number of H-pyrrole nitrogens is 1. The molecule has 1 aliphatic heterocycles. The van der Waals surface area contributed by atoms with Crippen LogP contribution in [0.3, 0.4) is 0 Å². The van der Waals surface area contributed by atoms with Gasteiger partial charge in [0, 0.05) is 35.8 Å². The number of nitrogens with one attached hydrogen (secondary N) is 1. The van der Waals surface area contributed by atoms with E-state index < -0.39 is 17.7 Å². The molecule has 1 amide bonds. The molecule has 4 rings (SSSR count). The first-order valence-electron chi connectivity index (χ1n) is 8.93. The van der Waals surface area contributed by atoms with Gasteiger partial charge in [-0.1, -0.05) is 18.2 Å². The van der Waals surface area contributed by atoms with Crippen molar-refractivity contribution in [1.82, 2.24) is 9.88 Å². The van der Waals surface area contributed by atoms with Crippen LogP contribution in [-0.2, 0) is 16.0 Å². The minimum atomic E-state index is -0.693. The Morgan fingerprint density at radius 2 is 2.07 bits per heavy atom. The van der Waals surface area contributed by atoms with Crippen LogP contribution in [0.25, 0.3) is 10.9 Å². The topological polar surface area (TPSA) is 45.3 Å². The van der Waals surface area contributed by atoms with Crippen LogP contribution in [0.15, 0.2) is 42.5 Å². The molecule has 1 atom stereocenters. The van der Waals surface area contributed by atoms with Crippen molar-refractivity contribution in [2.75, 3.05) is 20.3 Å². The summed E-state index contributed by atoms with van der Waals surface area (Å²) in [6.45, 7) is 0.727. The van der Waals surface area contributed by atoms with Crippen LogP contribution >= 0.6 is 0 Å². The summed E-state index contributed by atoms with van der Waals surface area (Å²) in [4.78, 5) is 17.7. The van der Waals surface area contributed by atoms with Gasteiger partial charge in [-0.25, -0.2) is 8.78 Å². The number of benzene rings is 2. The van der Waals surface area contributed by atoms with Gasteiger partial charge in [0.05, 0.1) is 13.0 Å². The Hall–Kier alpha value is -2.73. The number of amides is 1. The van der Waals surface area contributed by atoms with E-state index in [1.807, 2.05) is 24.3 Å². The Kier molecular flexibility index (Phi) is 4.66. The lowest BCUT2D eigenvalue weighted by molar-refractivity contribution is -0.134. The molecular formula is C21H20F2N2O2. The number of nitrogens with zero attached hydrogens (tertiary/aromatic N) is 1. The molecule has 0 saturated carbocycles. The standard InChI is InChI=1S/C21H20F2N2O2/c1-27-11-9-19(26)25-10-8-15-14-4-2-3-5-18(14)24-20(15)21(25)16-12-13(22)6-7-17(16)23/h2-7,12,21,24H,8-11H2,1H3/t21-/m0/s1. The predicted octanol–water partition coefficient (Wildman–Crippen LogP) is 3.96. The number of fused-ring (bicyclic) bond motifs is 3. The van der Waals surface area contributed by atoms with Gasteiger partial charge in [-0.2, -0.15) is 0 Å². The molecule has 1 aliphatic rings. The van der Waals surface area contributed by atoms with E-state index in [9.17, 15) is 13.6 Å². The monoisotopic (exact) mass is 370 g/mol. The van der Waals surface area contributed by atoms with E-state index in [0.29, 0.717) is 13.0 Å². The van der Waals surface area contributed by atoms with Crippen molar-refractivity contribution in [3.8, 4) is 0 Å². The van der Waals surface area contributed by atoms with E-state index in [-0.39, 0.29) is 24.5 Å². The van der Waals surface area contributed by atoms with Gasteiger partial charge in [-0.05, 0) is 36.2 Å². The number of aromatic nitrogens is 1. The molecule has 1 N–H and O–H groups in total. The fourth-order valence-electron chi connectivity index (χ4n) is 3.89. The highest BCUT2D eigenvalue weighted by molar-refractivity contribution is 5.86. The van der Waals surface area contributed by atoms with E-state index in [4.69, 9.17) is 4.74 Å². The molecule has 2 heterocycles. The number of hydrogen-bond donors (Lipinski definition) is 1. The van der Waals surface area contributed by atoms with Crippen molar-refractivity contribution in [2.45, 2.75) is 18.9 Å². The largest absolute Gasteiger partial charge is 0.384 e. The average Bonchev–Trinajstić information content (AvgIpc) is 3.06. The van der Waals surface area contributed by atoms with Crippen molar-refractivity contribution in [2.24, 2.45) is 0 Å². The number of aromatic amines is 1. The lowest BCUT2D eigenvalue weighted by atomic mass is 9.91. The minimum Gasteiger partial charge on any atom is -0.384 e. The van der Waals surface area contributed by atoms with Gasteiger partial charge in [-0.3, -0.25) is 4.79 Å². The molecule has 1 aromatic heterocycles. The van der Waals surface area contributed by atoms with Gasteiger partial charge in [0.25, 0.3) is 0 Å². The summed E-state index contributed by atoms with van der Waals surface area (Å²) in [7, 11) is 1.53. The molecule has 0 aliphatic carbocycles. The summed E-state index contributed by atoms with van der Waals surface area (Å²) in [5.74, 6) is -1.20.